The van der Waals surface area contributed by atoms with Gasteiger partial charge in [-0.2, -0.15) is 0 Å². The fraction of sp³-hybridized carbons (Fsp3) is 0.526. The quantitative estimate of drug-likeness (QED) is 0.813. The predicted molar refractivity (Wildman–Crippen MR) is 100 cm³/mol. The molecule has 6 nitrogen and oxygen atoms in total. The fourth-order valence-corrected chi connectivity index (χ4v) is 4.73. The summed E-state index contributed by atoms with van der Waals surface area (Å²) in [5, 5.41) is 0. The molecular weight excluding hydrogens is 350 g/mol. The average molecular weight is 373 g/mol. The van der Waals surface area contributed by atoms with Gasteiger partial charge < -0.3 is 14.7 Å². The van der Waals surface area contributed by atoms with E-state index in [4.69, 9.17) is 0 Å². The number of carbonyl (C=O) groups is 3. The zero-order valence-electron chi connectivity index (χ0n) is 14.8. The molecular formula is C19H23N3O3S. The molecule has 0 unspecified atom stereocenters. The molecule has 138 valence electrons. The fourth-order valence-electron chi connectivity index (χ4n) is 3.81. The number of nitrogens with zero attached hydrogens (tertiary/aromatic N) is 3. The number of thioether (sulfide) groups is 1. The second-order valence-corrected chi connectivity index (χ2v) is 8.06. The largest absolute Gasteiger partial charge is 0.341 e. The van der Waals surface area contributed by atoms with Crippen molar-refractivity contribution in [2.24, 2.45) is 0 Å². The normalized spacial score (nSPS) is 19.8. The van der Waals surface area contributed by atoms with E-state index in [0.717, 1.165) is 56.8 Å². The van der Waals surface area contributed by atoms with Gasteiger partial charge in [0.05, 0.1) is 11.4 Å². The highest BCUT2D eigenvalue weighted by Gasteiger charge is 2.30. The van der Waals surface area contributed by atoms with Crippen molar-refractivity contribution in [2.75, 3.05) is 43.4 Å². The summed E-state index contributed by atoms with van der Waals surface area (Å²) >= 11 is 1.47. The smallest absolute Gasteiger partial charge is 0.253 e. The molecule has 0 atom stereocenters. The Morgan fingerprint density at radius 1 is 0.962 bits per heavy atom. The molecule has 26 heavy (non-hydrogen) atoms. The average Bonchev–Trinajstić information content (AvgIpc) is 3.37. The predicted octanol–water partition coefficient (Wildman–Crippen LogP) is 1.98. The molecule has 3 aliphatic rings. The van der Waals surface area contributed by atoms with E-state index in [1.165, 1.54) is 11.8 Å². The zero-order valence-corrected chi connectivity index (χ0v) is 15.6. The first-order valence-corrected chi connectivity index (χ1v) is 10.3. The Morgan fingerprint density at radius 3 is 2.31 bits per heavy atom. The second-order valence-electron chi connectivity index (χ2n) is 7.04. The molecule has 1 aromatic rings. The molecule has 3 heterocycles. The van der Waals surface area contributed by atoms with Gasteiger partial charge in [0, 0.05) is 36.6 Å². The molecule has 0 saturated carbocycles. The highest BCUT2D eigenvalue weighted by atomic mass is 32.2. The summed E-state index contributed by atoms with van der Waals surface area (Å²) < 4.78 is 0. The van der Waals surface area contributed by atoms with Crippen molar-refractivity contribution >= 4 is 35.2 Å². The van der Waals surface area contributed by atoms with Gasteiger partial charge in [0.25, 0.3) is 5.91 Å². The van der Waals surface area contributed by atoms with E-state index in [0.29, 0.717) is 17.0 Å². The van der Waals surface area contributed by atoms with E-state index in [1.807, 2.05) is 21.9 Å². The van der Waals surface area contributed by atoms with Crippen LogP contribution in [0.3, 0.4) is 0 Å². The van der Waals surface area contributed by atoms with Crippen LogP contribution in [0.5, 0.6) is 0 Å². The molecule has 0 N–H and O–H groups in total. The Kier molecular flexibility index (Phi) is 4.89. The maximum atomic E-state index is 12.7. The van der Waals surface area contributed by atoms with Crippen molar-refractivity contribution in [1.82, 2.24) is 9.80 Å². The standard InChI is InChI=1S/C19H23N3O3S/c23-17(20-7-1-2-8-20)12-22-15-11-14(19(25)21-9-3-4-10-21)5-6-16(15)26-13-18(22)24/h5-6,11H,1-4,7-10,12-13H2. The molecule has 3 amide bonds. The number of anilines is 1. The number of carbonyl (C=O) groups excluding carboxylic acids is 3. The Balaban J connectivity index is 1.58. The lowest BCUT2D eigenvalue weighted by Crippen LogP contribution is -2.44. The van der Waals surface area contributed by atoms with Crippen LogP contribution in [0.15, 0.2) is 23.1 Å². The van der Waals surface area contributed by atoms with Crippen LogP contribution in [0.2, 0.25) is 0 Å². The van der Waals surface area contributed by atoms with E-state index >= 15 is 0 Å². The van der Waals surface area contributed by atoms with Gasteiger partial charge in [-0.15, -0.1) is 11.8 Å². The van der Waals surface area contributed by atoms with Crippen LogP contribution in [0.1, 0.15) is 36.0 Å². The number of hydrogen-bond acceptors (Lipinski definition) is 4. The monoisotopic (exact) mass is 373 g/mol. The van der Waals surface area contributed by atoms with E-state index in [1.54, 1.807) is 11.0 Å². The minimum absolute atomic E-state index is 0.00928. The van der Waals surface area contributed by atoms with Crippen LogP contribution in [0, 0.1) is 0 Å². The van der Waals surface area contributed by atoms with Crippen molar-refractivity contribution in [1.29, 1.82) is 0 Å². The lowest BCUT2D eigenvalue weighted by atomic mass is 10.1. The minimum Gasteiger partial charge on any atom is -0.341 e. The van der Waals surface area contributed by atoms with Crippen LogP contribution in [0.4, 0.5) is 5.69 Å². The SMILES string of the molecule is O=C(CN1C(=O)CSc2ccc(C(=O)N3CCCC3)cc21)N1CCCC1. The van der Waals surface area contributed by atoms with Gasteiger partial charge in [-0.25, -0.2) is 0 Å². The minimum atomic E-state index is -0.0687. The first-order chi connectivity index (χ1) is 12.6. The molecule has 1 aromatic carbocycles. The van der Waals surface area contributed by atoms with Crippen molar-refractivity contribution in [3.63, 3.8) is 0 Å². The molecule has 0 aromatic heterocycles. The van der Waals surface area contributed by atoms with Crippen molar-refractivity contribution < 1.29 is 14.4 Å². The van der Waals surface area contributed by atoms with Gasteiger partial charge in [-0.3, -0.25) is 14.4 Å². The van der Waals surface area contributed by atoms with Gasteiger partial charge in [0.15, 0.2) is 0 Å². The third-order valence-corrected chi connectivity index (χ3v) is 6.34. The summed E-state index contributed by atoms with van der Waals surface area (Å²) in [6, 6.07) is 5.53. The van der Waals surface area contributed by atoms with Crippen LogP contribution < -0.4 is 4.90 Å². The Labute approximate surface area is 157 Å². The topological polar surface area (TPSA) is 60.9 Å². The summed E-state index contributed by atoms with van der Waals surface area (Å²) in [5.74, 6) is 0.268. The van der Waals surface area contributed by atoms with E-state index in [-0.39, 0.29) is 24.3 Å². The van der Waals surface area contributed by atoms with E-state index in [2.05, 4.69) is 0 Å². The Hall–Kier alpha value is -2.02. The summed E-state index contributed by atoms with van der Waals surface area (Å²) in [6.07, 6.45) is 4.14. The van der Waals surface area contributed by atoms with Crippen molar-refractivity contribution in [2.45, 2.75) is 30.6 Å². The van der Waals surface area contributed by atoms with Crippen molar-refractivity contribution in [3.8, 4) is 0 Å². The highest BCUT2D eigenvalue weighted by molar-refractivity contribution is 8.00. The van der Waals surface area contributed by atoms with Crippen LogP contribution >= 0.6 is 11.8 Å². The number of hydrogen-bond donors (Lipinski definition) is 0. The third kappa shape index (κ3) is 3.32. The number of likely N-dealkylation sites (tertiary alicyclic amines) is 2. The summed E-state index contributed by atoms with van der Waals surface area (Å²) in [6.45, 7) is 3.20. The summed E-state index contributed by atoms with van der Waals surface area (Å²) in [5.41, 5.74) is 1.29. The molecule has 0 bridgehead atoms. The van der Waals surface area contributed by atoms with Crippen LogP contribution in [-0.4, -0.2) is 66.0 Å². The van der Waals surface area contributed by atoms with Crippen LogP contribution in [-0.2, 0) is 9.59 Å². The number of rotatable bonds is 3. The lowest BCUT2D eigenvalue weighted by Gasteiger charge is -2.30. The zero-order chi connectivity index (χ0) is 18.1. The Bertz CT molecular complexity index is 740. The third-order valence-electron chi connectivity index (χ3n) is 5.29. The molecule has 0 radical (unpaired) electrons. The first kappa shape index (κ1) is 17.4. The molecule has 2 fully saturated rings. The van der Waals surface area contributed by atoms with Gasteiger partial charge in [0.1, 0.15) is 6.54 Å². The molecule has 0 spiro atoms. The summed E-state index contributed by atoms with van der Waals surface area (Å²) in [7, 11) is 0. The van der Waals surface area contributed by atoms with E-state index in [9.17, 15) is 14.4 Å². The molecule has 0 aliphatic carbocycles. The van der Waals surface area contributed by atoms with E-state index < -0.39 is 0 Å². The van der Waals surface area contributed by atoms with Crippen LogP contribution in [0.25, 0.3) is 0 Å². The van der Waals surface area contributed by atoms with Gasteiger partial charge >= 0.3 is 0 Å². The number of amides is 3. The summed E-state index contributed by atoms with van der Waals surface area (Å²) in [4.78, 5) is 43.9. The first-order valence-electron chi connectivity index (χ1n) is 9.28. The molecule has 2 saturated heterocycles. The molecule has 7 heteroatoms. The maximum Gasteiger partial charge on any atom is 0.253 e. The van der Waals surface area contributed by atoms with Crippen molar-refractivity contribution in [3.05, 3.63) is 23.8 Å². The number of fused-ring (bicyclic) bond motifs is 1. The Morgan fingerprint density at radius 2 is 1.62 bits per heavy atom. The number of benzene rings is 1. The lowest BCUT2D eigenvalue weighted by molar-refractivity contribution is -0.130. The second kappa shape index (κ2) is 7.31. The maximum absolute atomic E-state index is 12.7. The van der Waals surface area contributed by atoms with Gasteiger partial charge in [0.2, 0.25) is 11.8 Å². The highest BCUT2D eigenvalue weighted by Crippen LogP contribution is 2.36. The van der Waals surface area contributed by atoms with Gasteiger partial charge in [-0.1, -0.05) is 0 Å². The molecule has 4 rings (SSSR count). The van der Waals surface area contributed by atoms with Gasteiger partial charge in [-0.05, 0) is 43.9 Å². The molecule has 3 aliphatic heterocycles.